The van der Waals surface area contributed by atoms with E-state index in [9.17, 15) is 0 Å². The Morgan fingerprint density at radius 3 is 2.81 bits per heavy atom. The predicted octanol–water partition coefficient (Wildman–Crippen LogP) is 3.88. The second kappa shape index (κ2) is 5.66. The van der Waals surface area contributed by atoms with Gasteiger partial charge in [0, 0.05) is 12.4 Å². The highest BCUT2D eigenvalue weighted by molar-refractivity contribution is 6.30. The molecule has 1 aromatic carbocycles. The first-order valence-corrected chi connectivity index (χ1v) is 6.94. The summed E-state index contributed by atoms with van der Waals surface area (Å²) >= 11 is 5.96. The number of imidazole rings is 1. The Labute approximate surface area is 127 Å². The van der Waals surface area contributed by atoms with Crippen molar-refractivity contribution in [2.24, 2.45) is 0 Å². The molecule has 0 saturated heterocycles. The fourth-order valence-corrected chi connectivity index (χ4v) is 2.30. The van der Waals surface area contributed by atoms with E-state index in [1.54, 1.807) is 7.11 Å². The van der Waals surface area contributed by atoms with E-state index in [4.69, 9.17) is 21.1 Å². The van der Waals surface area contributed by atoms with Crippen LogP contribution in [0.2, 0.25) is 5.02 Å². The molecule has 0 amide bonds. The third-order valence-electron chi connectivity index (χ3n) is 3.16. The van der Waals surface area contributed by atoms with E-state index in [0.29, 0.717) is 17.4 Å². The fraction of sp³-hybridized carbons (Fsp3) is 0.188. The zero-order valence-electron chi connectivity index (χ0n) is 11.8. The highest BCUT2D eigenvalue weighted by Crippen LogP contribution is 2.28. The highest BCUT2D eigenvalue weighted by atomic mass is 35.5. The minimum atomic E-state index is 0.374. The average molecular weight is 303 g/mol. The van der Waals surface area contributed by atoms with Gasteiger partial charge in [0.15, 0.2) is 11.5 Å². The van der Waals surface area contributed by atoms with Gasteiger partial charge in [-0.2, -0.15) is 0 Å². The molecule has 0 bridgehead atoms. The van der Waals surface area contributed by atoms with Crippen LogP contribution in [-0.2, 0) is 6.61 Å². The van der Waals surface area contributed by atoms with E-state index >= 15 is 0 Å². The fourth-order valence-electron chi connectivity index (χ4n) is 2.13. The summed E-state index contributed by atoms with van der Waals surface area (Å²) in [5, 5.41) is 0.674. The summed E-state index contributed by atoms with van der Waals surface area (Å²) in [6.45, 7) is 2.39. The SMILES string of the molecule is COc1cc(C)ccc1OCc1cn2cc(Cl)ccc2n1. The molecule has 0 N–H and O–H groups in total. The Morgan fingerprint density at radius 2 is 2.00 bits per heavy atom. The number of fused-ring (bicyclic) bond motifs is 1. The van der Waals surface area contributed by atoms with Gasteiger partial charge in [-0.15, -0.1) is 0 Å². The number of hydrogen-bond acceptors (Lipinski definition) is 3. The van der Waals surface area contributed by atoms with Gasteiger partial charge in [-0.25, -0.2) is 4.98 Å². The number of rotatable bonds is 4. The summed E-state index contributed by atoms with van der Waals surface area (Å²) < 4.78 is 13.0. The van der Waals surface area contributed by atoms with E-state index in [1.165, 1.54) is 0 Å². The molecule has 0 unspecified atom stereocenters. The molecule has 0 fully saturated rings. The maximum atomic E-state index is 5.96. The van der Waals surface area contributed by atoms with Gasteiger partial charge in [-0.05, 0) is 36.8 Å². The molecule has 4 nitrogen and oxygen atoms in total. The first-order chi connectivity index (χ1) is 10.2. The summed E-state index contributed by atoms with van der Waals surface area (Å²) in [4.78, 5) is 4.48. The standard InChI is InChI=1S/C16H15ClN2O2/c1-11-3-5-14(15(7-11)20-2)21-10-13-9-19-8-12(17)4-6-16(19)18-13/h3-9H,10H2,1-2H3. The zero-order chi connectivity index (χ0) is 14.8. The van der Waals surface area contributed by atoms with Crippen molar-refractivity contribution in [1.29, 1.82) is 0 Å². The number of benzene rings is 1. The van der Waals surface area contributed by atoms with Crippen molar-refractivity contribution < 1.29 is 9.47 Å². The topological polar surface area (TPSA) is 35.8 Å². The summed E-state index contributed by atoms with van der Waals surface area (Å²) in [5.41, 5.74) is 2.80. The minimum Gasteiger partial charge on any atom is -0.493 e. The molecule has 0 radical (unpaired) electrons. The van der Waals surface area contributed by atoms with Crippen LogP contribution in [-0.4, -0.2) is 16.5 Å². The third-order valence-corrected chi connectivity index (χ3v) is 3.38. The first-order valence-electron chi connectivity index (χ1n) is 6.56. The number of pyridine rings is 1. The number of halogens is 1. The summed E-state index contributed by atoms with van der Waals surface area (Å²) in [7, 11) is 1.63. The van der Waals surface area contributed by atoms with Gasteiger partial charge < -0.3 is 13.9 Å². The lowest BCUT2D eigenvalue weighted by Crippen LogP contribution is -1.98. The Hall–Kier alpha value is -2.20. The number of aryl methyl sites for hydroxylation is 1. The second-order valence-electron chi connectivity index (χ2n) is 4.79. The van der Waals surface area contributed by atoms with Crippen molar-refractivity contribution >= 4 is 17.2 Å². The molecule has 3 rings (SSSR count). The monoisotopic (exact) mass is 302 g/mol. The van der Waals surface area contributed by atoms with Gasteiger partial charge in [0.25, 0.3) is 0 Å². The van der Waals surface area contributed by atoms with Crippen LogP contribution in [0.1, 0.15) is 11.3 Å². The van der Waals surface area contributed by atoms with Crippen LogP contribution in [0.4, 0.5) is 0 Å². The molecular weight excluding hydrogens is 288 g/mol. The van der Waals surface area contributed by atoms with Gasteiger partial charge in [0.05, 0.1) is 17.8 Å². The van der Waals surface area contributed by atoms with Gasteiger partial charge in [0.2, 0.25) is 0 Å². The van der Waals surface area contributed by atoms with E-state index in [-0.39, 0.29) is 0 Å². The summed E-state index contributed by atoms with van der Waals surface area (Å²) in [6.07, 6.45) is 3.72. The van der Waals surface area contributed by atoms with E-state index in [1.807, 2.05) is 54.0 Å². The molecule has 108 valence electrons. The molecule has 0 aliphatic heterocycles. The molecule has 21 heavy (non-hydrogen) atoms. The minimum absolute atomic E-state index is 0.374. The number of hydrogen-bond donors (Lipinski definition) is 0. The lowest BCUT2D eigenvalue weighted by molar-refractivity contribution is 0.281. The van der Waals surface area contributed by atoms with Crippen LogP contribution in [0, 0.1) is 6.92 Å². The molecule has 0 aliphatic rings. The summed E-state index contributed by atoms with van der Waals surface area (Å²) in [6, 6.07) is 9.52. The van der Waals surface area contributed by atoms with Crippen LogP contribution in [0.5, 0.6) is 11.5 Å². The van der Waals surface area contributed by atoms with Gasteiger partial charge in [-0.1, -0.05) is 17.7 Å². The molecule has 5 heteroatoms. The van der Waals surface area contributed by atoms with Gasteiger partial charge >= 0.3 is 0 Å². The quantitative estimate of drug-likeness (QED) is 0.733. The van der Waals surface area contributed by atoms with Crippen molar-refractivity contribution in [2.45, 2.75) is 13.5 Å². The molecule has 2 aromatic heterocycles. The van der Waals surface area contributed by atoms with E-state index in [2.05, 4.69) is 4.98 Å². The molecule has 2 heterocycles. The number of methoxy groups -OCH3 is 1. The molecule has 0 spiro atoms. The van der Waals surface area contributed by atoms with Gasteiger partial charge in [0.1, 0.15) is 12.3 Å². The Morgan fingerprint density at radius 1 is 1.14 bits per heavy atom. The van der Waals surface area contributed by atoms with Crippen LogP contribution in [0.3, 0.4) is 0 Å². The molecule has 0 atom stereocenters. The lowest BCUT2D eigenvalue weighted by Gasteiger charge is -2.10. The first kappa shape index (κ1) is 13.8. The van der Waals surface area contributed by atoms with Crippen molar-refractivity contribution in [3.8, 4) is 11.5 Å². The van der Waals surface area contributed by atoms with Crippen LogP contribution in [0.25, 0.3) is 5.65 Å². The maximum absolute atomic E-state index is 5.96. The average Bonchev–Trinajstić information content (AvgIpc) is 2.87. The highest BCUT2D eigenvalue weighted by Gasteiger charge is 2.07. The van der Waals surface area contributed by atoms with Crippen molar-refractivity contribution in [3.05, 3.63) is 59.0 Å². The van der Waals surface area contributed by atoms with Crippen molar-refractivity contribution in [1.82, 2.24) is 9.38 Å². The second-order valence-corrected chi connectivity index (χ2v) is 5.22. The van der Waals surface area contributed by atoms with E-state index in [0.717, 1.165) is 22.7 Å². The number of nitrogens with zero attached hydrogens (tertiary/aromatic N) is 2. The molecule has 3 aromatic rings. The van der Waals surface area contributed by atoms with Crippen molar-refractivity contribution in [3.63, 3.8) is 0 Å². The number of aromatic nitrogens is 2. The lowest BCUT2D eigenvalue weighted by atomic mass is 10.2. The predicted molar refractivity (Wildman–Crippen MR) is 82.3 cm³/mol. The molecule has 0 saturated carbocycles. The molecular formula is C16H15ClN2O2. The normalized spacial score (nSPS) is 10.8. The number of ether oxygens (including phenoxy) is 2. The van der Waals surface area contributed by atoms with Crippen LogP contribution < -0.4 is 9.47 Å². The third kappa shape index (κ3) is 2.95. The smallest absolute Gasteiger partial charge is 0.161 e. The van der Waals surface area contributed by atoms with Gasteiger partial charge in [-0.3, -0.25) is 0 Å². The Bertz CT molecular complexity index is 783. The van der Waals surface area contributed by atoms with Crippen LogP contribution >= 0.6 is 11.6 Å². The van der Waals surface area contributed by atoms with E-state index < -0.39 is 0 Å². The van der Waals surface area contributed by atoms with Crippen LogP contribution in [0.15, 0.2) is 42.7 Å². The zero-order valence-corrected chi connectivity index (χ0v) is 12.6. The largest absolute Gasteiger partial charge is 0.493 e. The molecule has 0 aliphatic carbocycles. The Balaban J connectivity index is 1.80. The summed E-state index contributed by atoms with van der Waals surface area (Å²) in [5.74, 6) is 1.43. The van der Waals surface area contributed by atoms with Crippen molar-refractivity contribution in [2.75, 3.05) is 7.11 Å². The Kier molecular flexibility index (Phi) is 3.71. The maximum Gasteiger partial charge on any atom is 0.161 e.